The first-order chi connectivity index (χ1) is 11.0. The Morgan fingerprint density at radius 1 is 1.35 bits per heavy atom. The van der Waals surface area contributed by atoms with Crippen molar-refractivity contribution in [2.45, 2.75) is 6.54 Å². The summed E-state index contributed by atoms with van der Waals surface area (Å²) in [6.45, 7) is 0.0128. The van der Waals surface area contributed by atoms with Gasteiger partial charge in [-0.05, 0) is 28.5 Å². The van der Waals surface area contributed by atoms with Gasteiger partial charge in [0.15, 0.2) is 6.61 Å². The summed E-state index contributed by atoms with van der Waals surface area (Å²) in [5.74, 6) is -1.12. The van der Waals surface area contributed by atoms with E-state index in [4.69, 9.17) is 4.74 Å². The van der Waals surface area contributed by atoms with Gasteiger partial charge in [-0.15, -0.1) is 0 Å². The summed E-state index contributed by atoms with van der Waals surface area (Å²) < 4.78 is 4.91. The predicted molar refractivity (Wildman–Crippen MR) is 84.2 cm³/mol. The molecule has 0 aliphatic heterocycles. The Morgan fingerprint density at radius 2 is 2.13 bits per heavy atom. The van der Waals surface area contributed by atoms with Crippen LogP contribution in [0, 0.1) is 10.1 Å². The number of thiophene rings is 1. The Morgan fingerprint density at radius 3 is 2.78 bits per heavy atom. The van der Waals surface area contributed by atoms with Crippen LogP contribution in [0.2, 0.25) is 0 Å². The lowest BCUT2D eigenvalue weighted by Gasteiger charge is -2.16. The Bertz CT molecular complexity index is 714. The van der Waals surface area contributed by atoms with Crippen molar-refractivity contribution in [1.29, 1.82) is 0 Å². The second kappa shape index (κ2) is 7.50. The van der Waals surface area contributed by atoms with Crippen LogP contribution in [0.25, 0.3) is 0 Å². The second-order valence-electron chi connectivity index (χ2n) is 4.76. The molecule has 0 radical (unpaired) electrons. The molecule has 0 atom stereocenters. The van der Waals surface area contributed by atoms with Crippen molar-refractivity contribution in [1.82, 2.24) is 4.90 Å². The Labute approximate surface area is 136 Å². The minimum Gasteiger partial charge on any atom is -0.452 e. The van der Waals surface area contributed by atoms with Gasteiger partial charge in [0.2, 0.25) is 0 Å². The van der Waals surface area contributed by atoms with Crippen molar-refractivity contribution in [3.8, 4) is 0 Å². The fourth-order valence-corrected chi connectivity index (χ4v) is 2.47. The standard InChI is InChI=1S/C15H14N2O5S/c1-16(8-11-5-6-23-10-11)14(18)9-22-15(19)12-3-2-4-13(7-12)17(20)21/h2-7,10H,8-9H2,1H3. The number of benzene rings is 1. The summed E-state index contributed by atoms with van der Waals surface area (Å²) in [7, 11) is 1.61. The fourth-order valence-electron chi connectivity index (χ4n) is 1.81. The number of ether oxygens (including phenoxy) is 1. The van der Waals surface area contributed by atoms with Gasteiger partial charge in [-0.1, -0.05) is 6.07 Å². The summed E-state index contributed by atoms with van der Waals surface area (Å²) in [5.41, 5.74) is 0.823. The highest BCUT2D eigenvalue weighted by Gasteiger charge is 2.16. The number of carbonyl (C=O) groups is 2. The quantitative estimate of drug-likeness (QED) is 0.460. The van der Waals surface area contributed by atoms with Gasteiger partial charge in [0.1, 0.15) is 0 Å². The van der Waals surface area contributed by atoms with E-state index in [1.54, 1.807) is 7.05 Å². The molecule has 1 heterocycles. The first-order valence-electron chi connectivity index (χ1n) is 6.64. The van der Waals surface area contributed by atoms with Gasteiger partial charge in [-0.25, -0.2) is 4.79 Å². The largest absolute Gasteiger partial charge is 0.452 e. The third-order valence-corrected chi connectivity index (χ3v) is 3.78. The molecule has 0 N–H and O–H groups in total. The summed E-state index contributed by atoms with van der Waals surface area (Å²) in [6, 6.07) is 7.08. The molecule has 0 aliphatic rings. The lowest BCUT2D eigenvalue weighted by atomic mass is 10.2. The van der Waals surface area contributed by atoms with Gasteiger partial charge in [0, 0.05) is 25.7 Å². The molecular weight excluding hydrogens is 320 g/mol. The monoisotopic (exact) mass is 334 g/mol. The highest BCUT2D eigenvalue weighted by atomic mass is 32.1. The lowest BCUT2D eigenvalue weighted by Crippen LogP contribution is -2.30. The number of rotatable bonds is 6. The van der Waals surface area contributed by atoms with Crippen molar-refractivity contribution in [3.63, 3.8) is 0 Å². The van der Waals surface area contributed by atoms with E-state index in [-0.39, 0.29) is 17.2 Å². The molecule has 8 heteroatoms. The number of carbonyl (C=O) groups excluding carboxylic acids is 2. The fraction of sp³-hybridized carbons (Fsp3) is 0.200. The highest BCUT2D eigenvalue weighted by Crippen LogP contribution is 2.14. The molecule has 0 unspecified atom stereocenters. The molecule has 0 bridgehead atoms. The van der Waals surface area contributed by atoms with E-state index in [1.165, 1.54) is 34.4 Å². The van der Waals surface area contributed by atoms with Crippen molar-refractivity contribution in [2.75, 3.05) is 13.7 Å². The molecule has 1 aromatic carbocycles. The molecular formula is C15H14N2O5S. The van der Waals surface area contributed by atoms with Gasteiger partial charge in [0.05, 0.1) is 10.5 Å². The van der Waals surface area contributed by atoms with E-state index >= 15 is 0 Å². The SMILES string of the molecule is CN(Cc1ccsc1)C(=O)COC(=O)c1cccc([N+](=O)[O-])c1. The van der Waals surface area contributed by atoms with Crippen molar-refractivity contribution < 1.29 is 19.2 Å². The molecule has 7 nitrogen and oxygen atoms in total. The first-order valence-corrected chi connectivity index (χ1v) is 7.58. The number of esters is 1. The maximum atomic E-state index is 11.9. The van der Waals surface area contributed by atoms with Gasteiger partial charge >= 0.3 is 5.97 Å². The van der Waals surface area contributed by atoms with E-state index in [1.807, 2.05) is 16.8 Å². The topological polar surface area (TPSA) is 89.8 Å². The van der Waals surface area contributed by atoms with Crippen LogP contribution >= 0.6 is 11.3 Å². The lowest BCUT2D eigenvalue weighted by molar-refractivity contribution is -0.384. The minimum atomic E-state index is -0.772. The summed E-state index contributed by atoms with van der Waals surface area (Å²) in [6.07, 6.45) is 0. The smallest absolute Gasteiger partial charge is 0.338 e. The van der Waals surface area contributed by atoms with Gasteiger partial charge in [-0.3, -0.25) is 14.9 Å². The molecule has 0 fully saturated rings. The van der Waals surface area contributed by atoms with Crippen LogP contribution < -0.4 is 0 Å². The van der Waals surface area contributed by atoms with Gasteiger partial charge in [-0.2, -0.15) is 11.3 Å². The van der Waals surface area contributed by atoms with Gasteiger partial charge in [0.25, 0.3) is 11.6 Å². The number of nitrogens with zero attached hydrogens (tertiary/aromatic N) is 2. The molecule has 1 aromatic heterocycles. The molecule has 2 aromatic rings. The van der Waals surface area contributed by atoms with Crippen LogP contribution in [-0.4, -0.2) is 35.4 Å². The van der Waals surface area contributed by atoms with E-state index < -0.39 is 17.5 Å². The summed E-state index contributed by atoms with van der Waals surface area (Å²) in [5, 5.41) is 14.5. The Kier molecular flexibility index (Phi) is 5.42. The van der Waals surface area contributed by atoms with Crippen LogP contribution in [0.3, 0.4) is 0 Å². The molecule has 0 saturated carbocycles. The van der Waals surface area contributed by atoms with Crippen LogP contribution in [0.15, 0.2) is 41.1 Å². The highest BCUT2D eigenvalue weighted by molar-refractivity contribution is 7.07. The van der Waals surface area contributed by atoms with Gasteiger partial charge < -0.3 is 9.64 Å². The number of nitro benzene ring substituents is 1. The zero-order chi connectivity index (χ0) is 16.8. The maximum Gasteiger partial charge on any atom is 0.338 e. The van der Waals surface area contributed by atoms with E-state index in [9.17, 15) is 19.7 Å². The average Bonchev–Trinajstić information content (AvgIpc) is 3.05. The second-order valence-corrected chi connectivity index (χ2v) is 5.55. The Hall–Kier alpha value is -2.74. The first kappa shape index (κ1) is 16.6. The predicted octanol–water partition coefficient (Wildman–Crippen LogP) is 2.47. The number of amides is 1. The van der Waals surface area contributed by atoms with Crippen molar-refractivity contribution in [2.24, 2.45) is 0 Å². The normalized spacial score (nSPS) is 10.1. The Balaban J connectivity index is 1.89. The molecule has 1 amide bonds. The number of non-ortho nitro benzene ring substituents is 1. The van der Waals surface area contributed by atoms with E-state index in [0.29, 0.717) is 6.54 Å². The number of hydrogen-bond donors (Lipinski definition) is 0. The summed E-state index contributed by atoms with van der Waals surface area (Å²) >= 11 is 1.53. The maximum absolute atomic E-state index is 11.9. The molecule has 0 saturated heterocycles. The molecule has 120 valence electrons. The summed E-state index contributed by atoms with van der Waals surface area (Å²) in [4.78, 5) is 35.3. The van der Waals surface area contributed by atoms with Crippen molar-refractivity contribution >= 4 is 28.9 Å². The van der Waals surface area contributed by atoms with Crippen LogP contribution in [0.1, 0.15) is 15.9 Å². The van der Waals surface area contributed by atoms with Crippen LogP contribution in [0.4, 0.5) is 5.69 Å². The molecule has 23 heavy (non-hydrogen) atoms. The molecule has 0 spiro atoms. The van der Waals surface area contributed by atoms with Crippen LogP contribution in [0.5, 0.6) is 0 Å². The van der Waals surface area contributed by atoms with Crippen molar-refractivity contribution in [3.05, 3.63) is 62.3 Å². The molecule has 2 rings (SSSR count). The van der Waals surface area contributed by atoms with E-state index in [2.05, 4.69) is 0 Å². The number of likely N-dealkylation sites (N-methyl/N-ethyl adjacent to an activating group) is 1. The zero-order valence-electron chi connectivity index (χ0n) is 12.3. The van der Waals surface area contributed by atoms with Crippen LogP contribution in [-0.2, 0) is 16.1 Å². The minimum absolute atomic E-state index is 0.0347. The average molecular weight is 334 g/mol. The third kappa shape index (κ3) is 4.62. The van der Waals surface area contributed by atoms with E-state index in [0.717, 1.165) is 11.6 Å². The zero-order valence-corrected chi connectivity index (χ0v) is 13.1. The molecule has 0 aliphatic carbocycles. The number of hydrogen-bond acceptors (Lipinski definition) is 6. The number of nitro groups is 1. The third-order valence-electron chi connectivity index (χ3n) is 3.05.